The third kappa shape index (κ3) is 10.5. The number of unbranched alkanes of at least 4 members (excludes halogenated alkanes) is 2. The predicted octanol–water partition coefficient (Wildman–Crippen LogP) is 11.5. The summed E-state index contributed by atoms with van der Waals surface area (Å²) in [6, 6.07) is 0. The van der Waals surface area contributed by atoms with Crippen LogP contribution >= 0.6 is 11.6 Å². The van der Waals surface area contributed by atoms with Crippen LogP contribution in [0.25, 0.3) is 0 Å². The SMILES string of the molecule is C=CCC/C=C/C1=NC=NC(C2C=CC(C3C=CC(N(/C=C/C[C@H](C=C)/C=C/CCC=C)C4=CC=C(C5=CC=CCC5)CC4)=CC3)=CC2Cl)N1. The first-order valence-corrected chi connectivity index (χ1v) is 18.7. The van der Waals surface area contributed by atoms with Crippen LogP contribution in [0.15, 0.2) is 179 Å². The van der Waals surface area contributed by atoms with Gasteiger partial charge in [0.1, 0.15) is 18.3 Å². The van der Waals surface area contributed by atoms with E-state index in [9.17, 15) is 0 Å². The van der Waals surface area contributed by atoms with E-state index in [1.54, 1.807) is 6.34 Å². The molecule has 0 spiro atoms. The van der Waals surface area contributed by atoms with E-state index >= 15 is 0 Å². The van der Waals surface area contributed by atoms with Crippen LogP contribution in [-0.4, -0.2) is 28.6 Å². The van der Waals surface area contributed by atoms with Gasteiger partial charge in [-0.25, -0.2) is 9.98 Å². The Morgan fingerprint density at radius 2 is 1.78 bits per heavy atom. The minimum Gasteiger partial charge on any atom is -0.348 e. The second-order valence-corrected chi connectivity index (χ2v) is 13.7. The van der Waals surface area contributed by atoms with Crippen LogP contribution < -0.4 is 5.32 Å². The van der Waals surface area contributed by atoms with Crippen molar-refractivity contribution in [3.8, 4) is 0 Å². The molecule has 0 amide bonds. The number of halogens is 1. The second kappa shape index (κ2) is 19.7. The molecule has 4 unspecified atom stereocenters. The third-order valence-electron chi connectivity index (χ3n) is 9.66. The molecule has 1 aliphatic heterocycles. The van der Waals surface area contributed by atoms with Crippen molar-refractivity contribution in [3.05, 3.63) is 169 Å². The van der Waals surface area contributed by atoms with Gasteiger partial charge in [-0.15, -0.1) is 31.3 Å². The second-order valence-electron chi connectivity index (χ2n) is 13.2. The topological polar surface area (TPSA) is 40.0 Å². The molecule has 0 aromatic heterocycles. The molecule has 0 saturated heterocycles. The number of allylic oxidation sites excluding steroid dienone is 21. The monoisotopic (exact) mass is 684 g/mol. The zero-order chi connectivity index (χ0) is 35.0. The fraction of sp³-hybridized carbons (Fsp3) is 0.333. The number of alkyl halides is 1. The standard InChI is InChI=1S/C45H53ClN4/c1-4-7-9-12-17-35(6-3)18-16-32-50(40-27-22-37(23-28-40)36-19-13-11-14-20-36)41-29-24-38(25-30-41)39-26-31-42(43(46)33-39)45-48-34-47-44(49-45)21-15-10-8-5-2/h4-6,11-13,15-17,19,21-22,24,26-27,29-35,38,42-43,45H,1-3,7-10,14,18,20,23,25,28H2,(H,47,48,49)/b17-12+,21-15+,32-16+/t35-,38?,42?,43?,45?/m1/s1. The summed E-state index contributed by atoms with van der Waals surface area (Å²) in [4.78, 5) is 11.4. The molecular weight excluding hydrogens is 632 g/mol. The molecule has 260 valence electrons. The smallest absolute Gasteiger partial charge is 0.129 e. The summed E-state index contributed by atoms with van der Waals surface area (Å²) in [6.45, 7) is 11.7. The highest BCUT2D eigenvalue weighted by Gasteiger charge is 2.30. The number of nitrogens with zero attached hydrogens (tertiary/aromatic N) is 3. The van der Waals surface area contributed by atoms with Crippen molar-refractivity contribution in [3.63, 3.8) is 0 Å². The lowest BCUT2D eigenvalue weighted by molar-refractivity contribution is 0.478. The Bertz CT molecular complexity index is 1630. The van der Waals surface area contributed by atoms with E-state index in [0.717, 1.165) is 70.0 Å². The van der Waals surface area contributed by atoms with Gasteiger partial charge in [0.15, 0.2) is 0 Å². The molecule has 4 nitrogen and oxygen atoms in total. The van der Waals surface area contributed by atoms with Crippen molar-refractivity contribution in [1.82, 2.24) is 10.2 Å². The van der Waals surface area contributed by atoms with Gasteiger partial charge in [-0.2, -0.15) is 0 Å². The highest BCUT2D eigenvalue weighted by molar-refractivity contribution is 6.22. The first-order valence-electron chi connectivity index (χ1n) is 18.3. The van der Waals surface area contributed by atoms with E-state index in [-0.39, 0.29) is 23.4 Å². The number of rotatable bonds is 17. The van der Waals surface area contributed by atoms with Crippen LogP contribution in [0, 0.1) is 17.8 Å². The van der Waals surface area contributed by atoms with E-state index in [1.807, 2.05) is 24.3 Å². The van der Waals surface area contributed by atoms with E-state index in [0.29, 0.717) is 5.92 Å². The van der Waals surface area contributed by atoms with Crippen molar-refractivity contribution < 1.29 is 0 Å². The van der Waals surface area contributed by atoms with Crippen LogP contribution in [0.4, 0.5) is 0 Å². The Morgan fingerprint density at radius 1 is 0.940 bits per heavy atom. The van der Waals surface area contributed by atoms with Gasteiger partial charge in [-0.1, -0.05) is 97.2 Å². The van der Waals surface area contributed by atoms with E-state index in [1.165, 1.54) is 28.1 Å². The zero-order valence-corrected chi connectivity index (χ0v) is 30.2. The fourth-order valence-electron chi connectivity index (χ4n) is 6.70. The van der Waals surface area contributed by atoms with Crippen molar-refractivity contribution in [1.29, 1.82) is 0 Å². The van der Waals surface area contributed by atoms with Crippen molar-refractivity contribution in [2.45, 2.75) is 75.8 Å². The number of hydrogen-bond donors (Lipinski definition) is 1. The molecule has 5 atom stereocenters. The Kier molecular flexibility index (Phi) is 14.5. The van der Waals surface area contributed by atoms with Crippen molar-refractivity contribution in [2.75, 3.05) is 0 Å². The summed E-state index contributed by atoms with van der Waals surface area (Å²) >= 11 is 7.01. The summed E-state index contributed by atoms with van der Waals surface area (Å²) in [7, 11) is 0. The highest BCUT2D eigenvalue weighted by Crippen LogP contribution is 2.36. The number of aliphatic imine (C=N–C) groups is 2. The van der Waals surface area contributed by atoms with Gasteiger partial charge >= 0.3 is 0 Å². The van der Waals surface area contributed by atoms with Crippen LogP contribution in [0.5, 0.6) is 0 Å². The van der Waals surface area contributed by atoms with E-state index in [2.05, 4.69) is 137 Å². The first kappa shape index (κ1) is 36.9. The molecule has 0 radical (unpaired) electrons. The molecule has 5 aliphatic rings. The lowest BCUT2D eigenvalue weighted by Crippen LogP contribution is -2.43. The first-order chi connectivity index (χ1) is 24.6. The molecule has 0 bridgehead atoms. The van der Waals surface area contributed by atoms with Crippen LogP contribution in [0.3, 0.4) is 0 Å². The third-order valence-corrected chi connectivity index (χ3v) is 10.1. The molecular formula is C45H53ClN4. The molecule has 50 heavy (non-hydrogen) atoms. The van der Waals surface area contributed by atoms with Crippen LogP contribution in [0.1, 0.15) is 64.2 Å². The maximum absolute atomic E-state index is 7.01. The molecule has 0 fully saturated rings. The van der Waals surface area contributed by atoms with Gasteiger partial charge in [-0.05, 0) is 105 Å². The average molecular weight is 685 g/mol. The lowest BCUT2D eigenvalue weighted by atomic mass is 9.84. The number of amidine groups is 1. The lowest BCUT2D eigenvalue weighted by Gasteiger charge is -2.32. The molecule has 0 aromatic rings. The number of hydrogen-bond acceptors (Lipinski definition) is 4. The Hall–Kier alpha value is -4.41. The molecule has 0 saturated carbocycles. The summed E-state index contributed by atoms with van der Waals surface area (Å²) in [5.74, 6) is 1.44. The molecule has 0 aromatic carbocycles. The maximum atomic E-state index is 7.01. The highest BCUT2D eigenvalue weighted by atomic mass is 35.5. The van der Waals surface area contributed by atoms with Crippen LogP contribution in [0.2, 0.25) is 0 Å². The molecule has 1 heterocycles. The average Bonchev–Trinajstić information content (AvgIpc) is 3.16. The number of nitrogens with one attached hydrogen (secondary N) is 1. The Morgan fingerprint density at radius 3 is 2.48 bits per heavy atom. The quantitative estimate of drug-likeness (QED) is 0.0941. The summed E-state index contributed by atoms with van der Waals surface area (Å²) in [6.07, 6.45) is 55.7. The Labute approximate surface area is 306 Å². The summed E-state index contributed by atoms with van der Waals surface area (Å²) < 4.78 is 0. The van der Waals surface area contributed by atoms with Gasteiger partial charge < -0.3 is 10.2 Å². The molecule has 5 heteroatoms. The molecule has 5 rings (SSSR count). The van der Waals surface area contributed by atoms with Gasteiger partial charge in [0.25, 0.3) is 0 Å². The fourth-order valence-corrected chi connectivity index (χ4v) is 7.07. The van der Waals surface area contributed by atoms with E-state index in [4.69, 9.17) is 11.6 Å². The minimum absolute atomic E-state index is 0.0378. The van der Waals surface area contributed by atoms with Gasteiger partial charge in [0, 0.05) is 29.4 Å². The predicted molar refractivity (Wildman–Crippen MR) is 217 cm³/mol. The largest absolute Gasteiger partial charge is 0.348 e. The zero-order valence-electron chi connectivity index (χ0n) is 29.4. The van der Waals surface area contributed by atoms with Crippen molar-refractivity contribution >= 4 is 23.8 Å². The van der Waals surface area contributed by atoms with Crippen LogP contribution in [-0.2, 0) is 0 Å². The van der Waals surface area contributed by atoms with Gasteiger partial charge in [0.05, 0.1) is 5.38 Å². The van der Waals surface area contributed by atoms with Crippen molar-refractivity contribution in [2.24, 2.45) is 27.7 Å². The summed E-state index contributed by atoms with van der Waals surface area (Å²) in [5.41, 5.74) is 6.73. The molecule has 1 N–H and O–H groups in total. The van der Waals surface area contributed by atoms with E-state index < -0.39 is 0 Å². The van der Waals surface area contributed by atoms with Gasteiger partial charge in [-0.3, -0.25) is 0 Å². The Balaban J connectivity index is 1.25. The minimum atomic E-state index is -0.168. The summed E-state index contributed by atoms with van der Waals surface area (Å²) in [5, 5.41) is 3.28. The van der Waals surface area contributed by atoms with Gasteiger partial charge in [0.2, 0.25) is 0 Å². The molecule has 4 aliphatic carbocycles. The maximum Gasteiger partial charge on any atom is 0.129 e. The normalized spacial score (nSPS) is 25.4.